The van der Waals surface area contributed by atoms with Crippen LogP contribution in [0.4, 0.5) is 11.8 Å². The highest BCUT2D eigenvalue weighted by Crippen LogP contribution is 2.32. The molecule has 8 nitrogen and oxygen atoms in total. The van der Waals surface area contributed by atoms with E-state index in [9.17, 15) is 4.79 Å². The van der Waals surface area contributed by atoms with E-state index in [2.05, 4.69) is 25.6 Å². The first-order valence-electron chi connectivity index (χ1n) is 10.2. The Morgan fingerprint density at radius 2 is 1.97 bits per heavy atom. The van der Waals surface area contributed by atoms with E-state index in [1.165, 1.54) is 11.8 Å². The van der Waals surface area contributed by atoms with Gasteiger partial charge in [0.2, 0.25) is 17.7 Å². The van der Waals surface area contributed by atoms with Gasteiger partial charge in [0.05, 0.1) is 22.2 Å². The van der Waals surface area contributed by atoms with E-state index in [4.69, 9.17) is 16.1 Å². The zero-order valence-electron chi connectivity index (χ0n) is 17.8. The van der Waals surface area contributed by atoms with Crippen molar-refractivity contribution in [1.29, 1.82) is 0 Å². The molecule has 1 aromatic carbocycles. The minimum atomic E-state index is -0.210. The van der Waals surface area contributed by atoms with Gasteiger partial charge in [-0.05, 0) is 25.0 Å². The van der Waals surface area contributed by atoms with Crippen molar-refractivity contribution >= 4 is 41.1 Å². The van der Waals surface area contributed by atoms with Gasteiger partial charge in [-0.15, -0.1) is 10.2 Å². The van der Waals surface area contributed by atoms with Crippen molar-refractivity contribution in [3.05, 3.63) is 41.0 Å². The number of para-hydroxylation sites is 1. The summed E-state index contributed by atoms with van der Waals surface area (Å²) in [5.74, 6) is 1.02. The smallest absolute Gasteiger partial charge is 0.237 e. The van der Waals surface area contributed by atoms with E-state index >= 15 is 0 Å². The number of nitrogens with zero attached hydrogens (tertiary/aromatic N) is 5. The summed E-state index contributed by atoms with van der Waals surface area (Å²) >= 11 is 7.77. The maximum Gasteiger partial charge on any atom is 0.237 e. The molecular weight excluding hydrogens is 436 g/mol. The van der Waals surface area contributed by atoms with Crippen molar-refractivity contribution in [2.75, 3.05) is 29.1 Å². The molecule has 0 unspecified atom stereocenters. The maximum atomic E-state index is 12.5. The average molecular weight is 461 g/mol. The monoisotopic (exact) mass is 460 g/mol. The standard InChI is InChI=1S/C21H25ClN6O2S/c1-21(2,3)16-12-18(30-26-16)23-17(29)13-31-20-25-24-19(27-10-6-7-11-27)28(20)15-9-5-4-8-14(15)22/h4-5,8-9,12H,6-7,10-11,13H2,1-3H3,(H,23,29). The lowest BCUT2D eigenvalue weighted by Crippen LogP contribution is -2.22. The summed E-state index contributed by atoms with van der Waals surface area (Å²) in [7, 11) is 0. The van der Waals surface area contributed by atoms with Crippen molar-refractivity contribution < 1.29 is 9.32 Å². The Labute approximate surface area is 190 Å². The van der Waals surface area contributed by atoms with Crippen molar-refractivity contribution in [2.24, 2.45) is 0 Å². The van der Waals surface area contributed by atoms with E-state index in [1.54, 1.807) is 6.07 Å². The molecule has 1 fully saturated rings. The highest BCUT2D eigenvalue weighted by atomic mass is 35.5. The van der Waals surface area contributed by atoms with Crippen LogP contribution in [-0.2, 0) is 10.2 Å². The van der Waals surface area contributed by atoms with Crippen LogP contribution in [0, 0.1) is 0 Å². The van der Waals surface area contributed by atoms with Gasteiger partial charge < -0.3 is 9.42 Å². The lowest BCUT2D eigenvalue weighted by Gasteiger charge is -2.19. The molecule has 0 bridgehead atoms. The number of hydrogen-bond acceptors (Lipinski definition) is 7. The van der Waals surface area contributed by atoms with Crippen LogP contribution in [0.25, 0.3) is 5.69 Å². The first kappa shape index (κ1) is 21.7. The molecule has 10 heteroatoms. The molecule has 0 spiro atoms. The first-order valence-corrected chi connectivity index (χ1v) is 11.5. The molecule has 0 aliphatic carbocycles. The summed E-state index contributed by atoms with van der Waals surface area (Å²) in [6.07, 6.45) is 2.24. The molecule has 164 valence electrons. The van der Waals surface area contributed by atoms with E-state index in [-0.39, 0.29) is 17.1 Å². The van der Waals surface area contributed by atoms with Gasteiger partial charge in [-0.1, -0.05) is 61.4 Å². The van der Waals surface area contributed by atoms with Crippen LogP contribution in [0.3, 0.4) is 0 Å². The average Bonchev–Trinajstić information content (AvgIpc) is 3.46. The largest absolute Gasteiger partial charge is 0.341 e. The fraction of sp³-hybridized carbons (Fsp3) is 0.429. The summed E-state index contributed by atoms with van der Waals surface area (Å²) in [4.78, 5) is 14.7. The van der Waals surface area contributed by atoms with E-state index < -0.39 is 0 Å². The van der Waals surface area contributed by atoms with Gasteiger partial charge in [0.15, 0.2) is 5.16 Å². The Morgan fingerprint density at radius 1 is 1.23 bits per heavy atom. The summed E-state index contributed by atoms with van der Waals surface area (Å²) < 4.78 is 7.17. The van der Waals surface area contributed by atoms with Gasteiger partial charge in [-0.25, -0.2) is 0 Å². The summed E-state index contributed by atoms with van der Waals surface area (Å²) in [5, 5.41) is 16.8. The predicted molar refractivity (Wildman–Crippen MR) is 122 cm³/mol. The number of carbonyl (C=O) groups excluding carboxylic acids is 1. The number of nitrogens with one attached hydrogen (secondary N) is 1. The van der Waals surface area contributed by atoms with Gasteiger partial charge in [0, 0.05) is 24.6 Å². The molecule has 1 saturated heterocycles. The van der Waals surface area contributed by atoms with Crippen LogP contribution in [0.1, 0.15) is 39.3 Å². The summed E-state index contributed by atoms with van der Waals surface area (Å²) in [5.41, 5.74) is 1.42. The van der Waals surface area contributed by atoms with Gasteiger partial charge in [-0.3, -0.25) is 14.7 Å². The summed E-state index contributed by atoms with van der Waals surface area (Å²) in [6.45, 7) is 7.95. The van der Waals surface area contributed by atoms with Crippen molar-refractivity contribution in [3.63, 3.8) is 0 Å². The number of hydrogen-bond donors (Lipinski definition) is 1. The fourth-order valence-electron chi connectivity index (χ4n) is 3.31. The second-order valence-electron chi connectivity index (χ2n) is 8.43. The topological polar surface area (TPSA) is 89.1 Å². The van der Waals surface area contributed by atoms with Crippen LogP contribution in [0.15, 0.2) is 40.0 Å². The number of thioether (sulfide) groups is 1. The van der Waals surface area contributed by atoms with Gasteiger partial charge in [0.1, 0.15) is 0 Å². The minimum absolute atomic E-state index is 0.147. The molecule has 0 radical (unpaired) electrons. The molecule has 1 N–H and O–H groups in total. The predicted octanol–water partition coefficient (Wildman–Crippen LogP) is 4.54. The molecule has 31 heavy (non-hydrogen) atoms. The minimum Gasteiger partial charge on any atom is -0.341 e. The Hall–Kier alpha value is -2.52. The number of anilines is 2. The van der Waals surface area contributed by atoms with E-state index in [0.29, 0.717) is 16.1 Å². The van der Waals surface area contributed by atoms with E-state index in [0.717, 1.165) is 43.3 Å². The highest BCUT2D eigenvalue weighted by molar-refractivity contribution is 7.99. The Bertz CT molecular complexity index is 1070. The first-order chi connectivity index (χ1) is 14.8. The van der Waals surface area contributed by atoms with Crippen LogP contribution in [0.2, 0.25) is 5.02 Å². The highest BCUT2D eigenvalue weighted by Gasteiger charge is 2.24. The van der Waals surface area contributed by atoms with Crippen LogP contribution in [0.5, 0.6) is 0 Å². The normalized spacial score (nSPS) is 14.3. The number of benzene rings is 1. The summed E-state index contributed by atoms with van der Waals surface area (Å²) in [6, 6.07) is 9.32. The van der Waals surface area contributed by atoms with Crippen molar-refractivity contribution in [1.82, 2.24) is 19.9 Å². The molecule has 0 saturated carbocycles. The Kier molecular flexibility index (Phi) is 6.24. The Morgan fingerprint density at radius 3 is 2.65 bits per heavy atom. The number of amides is 1. The van der Waals surface area contributed by atoms with E-state index in [1.807, 2.05) is 49.6 Å². The quantitative estimate of drug-likeness (QED) is 0.540. The number of carbonyl (C=O) groups is 1. The Balaban J connectivity index is 1.51. The second kappa shape index (κ2) is 8.92. The van der Waals surface area contributed by atoms with Gasteiger partial charge in [-0.2, -0.15) is 0 Å². The molecule has 2 aromatic heterocycles. The third-order valence-corrected chi connectivity index (χ3v) is 6.22. The lowest BCUT2D eigenvalue weighted by atomic mass is 9.92. The van der Waals surface area contributed by atoms with Crippen LogP contribution >= 0.6 is 23.4 Å². The molecule has 0 atom stereocenters. The van der Waals surface area contributed by atoms with Crippen LogP contribution < -0.4 is 10.2 Å². The number of rotatable bonds is 6. The molecule has 1 aliphatic heterocycles. The molecule has 3 aromatic rings. The van der Waals surface area contributed by atoms with Crippen molar-refractivity contribution in [2.45, 2.75) is 44.2 Å². The fourth-order valence-corrected chi connectivity index (χ4v) is 4.27. The number of halogens is 1. The second-order valence-corrected chi connectivity index (χ2v) is 9.78. The van der Waals surface area contributed by atoms with Crippen LogP contribution in [-0.4, -0.2) is 44.7 Å². The third kappa shape index (κ3) is 4.88. The molecular formula is C21H25ClN6O2S. The zero-order valence-corrected chi connectivity index (χ0v) is 19.3. The van der Waals surface area contributed by atoms with Crippen molar-refractivity contribution in [3.8, 4) is 5.69 Å². The SMILES string of the molecule is CC(C)(C)c1cc(NC(=O)CSc2nnc(N3CCCC3)n2-c2ccccc2Cl)on1. The number of aromatic nitrogens is 4. The van der Waals surface area contributed by atoms with Gasteiger partial charge in [0.25, 0.3) is 0 Å². The van der Waals surface area contributed by atoms with Gasteiger partial charge >= 0.3 is 0 Å². The maximum absolute atomic E-state index is 12.5. The molecule has 1 aliphatic rings. The molecule has 4 rings (SSSR count). The molecule has 3 heterocycles. The zero-order chi connectivity index (χ0) is 22.0. The third-order valence-electron chi connectivity index (χ3n) is 4.97. The molecule has 1 amide bonds. The lowest BCUT2D eigenvalue weighted by molar-refractivity contribution is -0.113.